The van der Waals surface area contributed by atoms with E-state index in [4.69, 9.17) is 0 Å². The fourth-order valence-electron chi connectivity index (χ4n) is 2.24. The molecule has 0 bridgehead atoms. The molecular weight excluding hydrogens is 232 g/mol. The zero-order chi connectivity index (χ0) is 13.7. The van der Waals surface area contributed by atoms with E-state index < -0.39 is 0 Å². The highest BCUT2D eigenvalue weighted by atomic mass is 14.6. The zero-order valence-corrected chi connectivity index (χ0v) is 11.2. The van der Waals surface area contributed by atoms with Crippen molar-refractivity contribution < 1.29 is 0 Å². The van der Waals surface area contributed by atoms with Gasteiger partial charge in [-0.1, -0.05) is 31.7 Å². The summed E-state index contributed by atoms with van der Waals surface area (Å²) in [6.45, 7) is 6.32. The summed E-state index contributed by atoms with van der Waals surface area (Å²) in [6, 6.07) is 6.17. The molecule has 1 aromatic rings. The Kier molecular flexibility index (Phi) is 4.30. The third-order valence-electron chi connectivity index (χ3n) is 3.47. The van der Waals surface area contributed by atoms with E-state index in [1.54, 1.807) is 12.4 Å². The Balaban J connectivity index is 2.26. The van der Waals surface area contributed by atoms with E-state index in [2.05, 4.69) is 42.8 Å². The maximum absolute atomic E-state index is 9.47. The molecular formula is C17H18N2. The predicted octanol–water partition coefficient (Wildman–Crippen LogP) is 4.15. The van der Waals surface area contributed by atoms with Gasteiger partial charge in [0.25, 0.3) is 0 Å². The highest BCUT2D eigenvalue weighted by Crippen LogP contribution is 2.30. The molecule has 0 radical (unpaired) electrons. The van der Waals surface area contributed by atoms with Crippen molar-refractivity contribution in [1.82, 2.24) is 4.98 Å². The predicted molar refractivity (Wildman–Crippen MR) is 78.0 cm³/mol. The van der Waals surface area contributed by atoms with E-state index in [9.17, 15) is 5.26 Å². The summed E-state index contributed by atoms with van der Waals surface area (Å²) >= 11 is 0. The van der Waals surface area contributed by atoms with Crippen LogP contribution < -0.4 is 0 Å². The van der Waals surface area contributed by atoms with Crippen molar-refractivity contribution in [3.05, 3.63) is 60.5 Å². The number of pyridine rings is 1. The lowest BCUT2D eigenvalue weighted by Gasteiger charge is -2.14. The maximum Gasteiger partial charge on any atom is 0.0959 e. The molecule has 2 atom stereocenters. The van der Waals surface area contributed by atoms with Crippen molar-refractivity contribution in [3.63, 3.8) is 0 Å². The second-order valence-corrected chi connectivity index (χ2v) is 5.01. The Morgan fingerprint density at radius 2 is 2.16 bits per heavy atom. The van der Waals surface area contributed by atoms with Crippen molar-refractivity contribution in [2.45, 2.75) is 19.8 Å². The molecule has 0 N–H and O–H groups in total. The van der Waals surface area contributed by atoms with Crippen molar-refractivity contribution in [2.24, 2.45) is 11.8 Å². The van der Waals surface area contributed by atoms with Gasteiger partial charge in [0.05, 0.1) is 12.0 Å². The number of aromatic nitrogens is 1. The van der Waals surface area contributed by atoms with Crippen LogP contribution >= 0.6 is 0 Å². The zero-order valence-electron chi connectivity index (χ0n) is 11.2. The van der Waals surface area contributed by atoms with E-state index in [0.29, 0.717) is 5.92 Å². The minimum atomic E-state index is -0.274. The molecule has 2 rings (SSSR count). The van der Waals surface area contributed by atoms with Gasteiger partial charge in [-0.25, -0.2) is 0 Å². The summed E-state index contributed by atoms with van der Waals surface area (Å²) in [6.07, 6.45) is 12.0. The first-order valence-electron chi connectivity index (χ1n) is 6.57. The van der Waals surface area contributed by atoms with Crippen molar-refractivity contribution >= 4 is 5.57 Å². The van der Waals surface area contributed by atoms with E-state index in [1.165, 1.54) is 0 Å². The second-order valence-electron chi connectivity index (χ2n) is 5.01. The summed E-state index contributed by atoms with van der Waals surface area (Å²) in [5.74, 6) is 0.367. The number of hydrogen-bond donors (Lipinski definition) is 0. The molecule has 0 amide bonds. The average molecular weight is 250 g/mol. The fraction of sp³-hybridized carbons (Fsp3) is 0.294. The normalized spacial score (nSPS) is 20.0. The molecule has 1 aliphatic carbocycles. The van der Waals surface area contributed by atoms with Crippen LogP contribution in [0.25, 0.3) is 5.57 Å². The first-order valence-corrected chi connectivity index (χ1v) is 6.57. The molecule has 96 valence electrons. The van der Waals surface area contributed by atoms with Crippen molar-refractivity contribution in [3.8, 4) is 6.07 Å². The van der Waals surface area contributed by atoms with Gasteiger partial charge < -0.3 is 0 Å². The van der Waals surface area contributed by atoms with Crippen LogP contribution in [0.2, 0.25) is 0 Å². The van der Waals surface area contributed by atoms with Gasteiger partial charge >= 0.3 is 0 Å². The van der Waals surface area contributed by atoms with Crippen LogP contribution in [0.15, 0.2) is 54.9 Å². The van der Waals surface area contributed by atoms with Gasteiger partial charge in [-0.05, 0) is 47.6 Å². The maximum atomic E-state index is 9.47. The highest BCUT2D eigenvalue weighted by Gasteiger charge is 2.18. The summed E-state index contributed by atoms with van der Waals surface area (Å²) in [5, 5.41) is 9.47. The minimum Gasteiger partial charge on any atom is -0.265 e. The number of allylic oxidation sites excluding steroid dienone is 5. The van der Waals surface area contributed by atoms with Crippen LogP contribution in [0.1, 0.15) is 25.3 Å². The summed E-state index contributed by atoms with van der Waals surface area (Å²) in [5.41, 5.74) is 2.89. The molecule has 0 spiro atoms. The molecule has 0 saturated carbocycles. The quantitative estimate of drug-likeness (QED) is 0.808. The Labute approximate surface area is 114 Å². The van der Waals surface area contributed by atoms with Gasteiger partial charge in [-0.15, -0.1) is 0 Å². The van der Waals surface area contributed by atoms with Crippen LogP contribution in [0.5, 0.6) is 0 Å². The van der Waals surface area contributed by atoms with Crippen LogP contribution in [0, 0.1) is 23.2 Å². The lowest BCUT2D eigenvalue weighted by molar-refractivity contribution is 0.605. The summed E-state index contributed by atoms with van der Waals surface area (Å²) in [7, 11) is 0. The molecule has 0 fully saturated rings. The molecule has 0 aromatic carbocycles. The molecule has 1 heterocycles. The standard InChI is InChI=1S/C17H18N2/c1-13-4-3-5-16(7-6-13)17(12-18)14(2)15-8-10-19-11-9-15/h3,5,7-11,13,17H,2,4,6H2,1H3. The van der Waals surface area contributed by atoms with Crippen molar-refractivity contribution in [1.29, 1.82) is 5.26 Å². The van der Waals surface area contributed by atoms with E-state index in [0.717, 1.165) is 29.6 Å². The van der Waals surface area contributed by atoms with E-state index in [1.807, 2.05) is 12.1 Å². The SMILES string of the molecule is C=C(c1ccncc1)C(C#N)C1=CCC(C)CC=C1. The lowest BCUT2D eigenvalue weighted by Crippen LogP contribution is -2.03. The van der Waals surface area contributed by atoms with E-state index >= 15 is 0 Å². The van der Waals surface area contributed by atoms with Crippen molar-refractivity contribution in [2.75, 3.05) is 0 Å². The molecule has 0 saturated heterocycles. The number of hydrogen-bond acceptors (Lipinski definition) is 2. The first kappa shape index (κ1) is 13.3. The number of rotatable bonds is 3. The van der Waals surface area contributed by atoms with Crippen LogP contribution in [0.3, 0.4) is 0 Å². The molecule has 2 unspecified atom stereocenters. The Morgan fingerprint density at radius 1 is 1.42 bits per heavy atom. The van der Waals surface area contributed by atoms with Crippen LogP contribution in [0.4, 0.5) is 0 Å². The lowest BCUT2D eigenvalue weighted by atomic mass is 9.88. The molecule has 19 heavy (non-hydrogen) atoms. The third kappa shape index (κ3) is 3.20. The third-order valence-corrected chi connectivity index (χ3v) is 3.47. The summed E-state index contributed by atoms with van der Waals surface area (Å²) in [4.78, 5) is 4.00. The monoisotopic (exact) mass is 250 g/mol. The van der Waals surface area contributed by atoms with Gasteiger partial charge in [0.1, 0.15) is 0 Å². The molecule has 1 aromatic heterocycles. The minimum absolute atomic E-state index is 0.274. The summed E-state index contributed by atoms with van der Waals surface area (Å²) < 4.78 is 0. The molecule has 2 heteroatoms. The number of nitrogens with zero attached hydrogens (tertiary/aromatic N) is 2. The van der Waals surface area contributed by atoms with Crippen LogP contribution in [-0.2, 0) is 0 Å². The fourth-order valence-corrected chi connectivity index (χ4v) is 2.24. The Hall–Kier alpha value is -2.14. The Bertz CT molecular complexity index is 546. The van der Waals surface area contributed by atoms with Gasteiger partial charge in [-0.2, -0.15) is 5.26 Å². The van der Waals surface area contributed by atoms with E-state index in [-0.39, 0.29) is 5.92 Å². The molecule has 0 aliphatic heterocycles. The highest BCUT2D eigenvalue weighted by molar-refractivity contribution is 5.70. The first-order chi connectivity index (χ1) is 9.22. The Morgan fingerprint density at radius 3 is 2.84 bits per heavy atom. The van der Waals surface area contributed by atoms with Crippen LogP contribution in [-0.4, -0.2) is 4.98 Å². The average Bonchev–Trinajstić information content (AvgIpc) is 2.66. The van der Waals surface area contributed by atoms with Gasteiger partial charge in [0.15, 0.2) is 0 Å². The number of nitriles is 1. The van der Waals surface area contributed by atoms with Gasteiger partial charge in [0, 0.05) is 12.4 Å². The second kappa shape index (κ2) is 6.15. The molecule has 1 aliphatic rings. The smallest absolute Gasteiger partial charge is 0.0959 e. The molecule has 2 nitrogen and oxygen atoms in total. The van der Waals surface area contributed by atoms with Gasteiger partial charge in [0.2, 0.25) is 0 Å². The largest absolute Gasteiger partial charge is 0.265 e. The topological polar surface area (TPSA) is 36.7 Å². The van der Waals surface area contributed by atoms with Gasteiger partial charge in [-0.3, -0.25) is 4.98 Å².